The fraction of sp³-hybridized carbons (Fsp3) is 0.682. The van der Waals surface area contributed by atoms with Crippen molar-refractivity contribution in [3.63, 3.8) is 0 Å². The maximum absolute atomic E-state index is 14.4. The van der Waals surface area contributed by atoms with Crippen molar-refractivity contribution in [3.05, 3.63) is 11.0 Å². The van der Waals surface area contributed by atoms with Gasteiger partial charge in [0.15, 0.2) is 11.0 Å². The number of methoxy groups -OCH3 is 2. The molecule has 3 saturated heterocycles. The van der Waals surface area contributed by atoms with E-state index < -0.39 is 12.0 Å². The summed E-state index contributed by atoms with van der Waals surface area (Å²) in [4.78, 5) is 16.7. The van der Waals surface area contributed by atoms with Crippen LogP contribution < -0.4 is 19.7 Å². The maximum atomic E-state index is 14.4. The number of nitrogens with zero attached hydrogens (tertiary/aromatic N) is 5. The highest BCUT2D eigenvalue weighted by Gasteiger charge is 2.34. The summed E-state index contributed by atoms with van der Waals surface area (Å²) in [6.07, 6.45) is 2.81. The molecule has 5 heterocycles. The number of anilines is 1. The van der Waals surface area contributed by atoms with Crippen LogP contribution in [0.3, 0.4) is 0 Å². The van der Waals surface area contributed by atoms with Crippen molar-refractivity contribution in [1.82, 2.24) is 25.2 Å². The van der Waals surface area contributed by atoms with Crippen molar-refractivity contribution in [2.45, 2.75) is 45.3 Å². The van der Waals surface area contributed by atoms with E-state index in [2.05, 4.69) is 25.2 Å². The fourth-order valence-electron chi connectivity index (χ4n) is 4.45. The number of piperazine rings is 1. The van der Waals surface area contributed by atoms with Gasteiger partial charge in [-0.1, -0.05) is 25.4 Å². The summed E-state index contributed by atoms with van der Waals surface area (Å²) in [6, 6.07) is 0.684. The highest BCUT2D eigenvalue weighted by Crippen LogP contribution is 2.36. The van der Waals surface area contributed by atoms with Gasteiger partial charge in [0, 0.05) is 38.8 Å². The number of hydrogen-bond donors (Lipinski definition) is 1. The first kappa shape index (κ1) is 25.6. The van der Waals surface area contributed by atoms with Gasteiger partial charge in [-0.3, -0.25) is 4.90 Å². The van der Waals surface area contributed by atoms with Gasteiger partial charge in [0.2, 0.25) is 5.88 Å². The molecule has 2 aromatic heterocycles. The Balaban J connectivity index is 0.000000230. The van der Waals surface area contributed by atoms with Gasteiger partial charge >= 0.3 is 6.01 Å². The second-order valence-electron chi connectivity index (χ2n) is 7.84. The molecule has 2 atom stereocenters. The van der Waals surface area contributed by atoms with Crippen LogP contribution >= 0.6 is 11.6 Å². The predicted molar refractivity (Wildman–Crippen MR) is 126 cm³/mol. The van der Waals surface area contributed by atoms with Crippen LogP contribution in [0.5, 0.6) is 11.9 Å². The lowest BCUT2D eigenvalue weighted by atomic mass is 10.1. The summed E-state index contributed by atoms with van der Waals surface area (Å²) in [7, 11) is 2.88. The van der Waals surface area contributed by atoms with E-state index >= 15 is 0 Å². The minimum Gasteiger partial charge on any atom is -0.480 e. The number of halogens is 3. The van der Waals surface area contributed by atoms with Crippen molar-refractivity contribution in [1.29, 1.82) is 0 Å². The Morgan fingerprint density at radius 3 is 2.42 bits per heavy atom. The molecule has 0 amide bonds. The van der Waals surface area contributed by atoms with E-state index in [1.54, 1.807) is 0 Å². The number of aromatic nitrogens is 3. The quantitative estimate of drug-likeness (QED) is 0.661. The molecular formula is C22H33ClF2N6O2. The lowest BCUT2D eigenvalue weighted by Crippen LogP contribution is -2.44. The van der Waals surface area contributed by atoms with Crippen molar-refractivity contribution in [2.24, 2.45) is 0 Å². The SMILES string of the molecule is CC.COc1nc(N2CCNCC2)c2c(OC)nc(Cl)c(F)c2n1.FC1CC2CCCN2C1. The molecule has 2 unspecified atom stereocenters. The molecule has 184 valence electrons. The molecule has 0 saturated carbocycles. The molecule has 3 fully saturated rings. The molecule has 33 heavy (non-hydrogen) atoms. The molecule has 0 spiro atoms. The highest BCUT2D eigenvalue weighted by molar-refractivity contribution is 6.30. The van der Waals surface area contributed by atoms with Crippen molar-refractivity contribution >= 4 is 28.3 Å². The Morgan fingerprint density at radius 2 is 1.79 bits per heavy atom. The number of rotatable bonds is 3. The van der Waals surface area contributed by atoms with Crippen LogP contribution in [0.15, 0.2) is 0 Å². The first-order chi connectivity index (χ1) is 16.0. The topological polar surface area (TPSA) is 75.6 Å². The number of alkyl halides is 1. The van der Waals surface area contributed by atoms with Crippen molar-refractivity contribution in [2.75, 3.05) is 58.4 Å². The van der Waals surface area contributed by atoms with Gasteiger partial charge in [0.1, 0.15) is 22.9 Å². The van der Waals surface area contributed by atoms with Gasteiger partial charge in [-0.15, -0.1) is 0 Å². The Morgan fingerprint density at radius 1 is 1.06 bits per heavy atom. The van der Waals surface area contributed by atoms with E-state index in [4.69, 9.17) is 21.1 Å². The van der Waals surface area contributed by atoms with Crippen molar-refractivity contribution in [3.8, 4) is 11.9 Å². The Hall–Kier alpha value is -2.04. The van der Waals surface area contributed by atoms with Gasteiger partial charge in [0.25, 0.3) is 0 Å². The molecule has 3 aliphatic heterocycles. The minimum absolute atomic E-state index is 0.0391. The zero-order valence-corrected chi connectivity index (χ0v) is 20.5. The third kappa shape index (κ3) is 5.73. The van der Waals surface area contributed by atoms with E-state index in [9.17, 15) is 8.78 Å². The van der Waals surface area contributed by atoms with Gasteiger partial charge < -0.3 is 19.7 Å². The molecule has 1 N–H and O–H groups in total. The summed E-state index contributed by atoms with van der Waals surface area (Å²) >= 11 is 5.81. The van der Waals surface area contributed by atoms with Crippen LogP contribution in [0.25, 0.3) is 10.9 Å². The van der Waals surface area contributed by atoms with Crippen LogP contribution in [0.1, 0.15) is 33.1 Å². The zero-order chi connectivity index (χ0) is 24.0. The van der Waals surface area contributed by atoms with Crippen LogP contribution in [0.4, 0.5) is 14.6 Å². The summed E-state index contributed by atoms with van der Waals surface area (Å²) in [6.45, 7) is 8.92. The predicted octanol–water partition coefficient (Wildman–Crippen LogP) is 3.46. The number of pyridine rings is 1. The van der Waals surface area contributed by atoms with Gasteiger partial charge in [0.05, 0.1) is 14.2 Å². The van der Waals surface area contributed by atoms with E-state index in [0.717, 1.165) is 39.1 Å². The van der Waals surface area contributed by atoms with E-state index in [1.165, 1.54) is 27.1 Å². The highest BCUT2D eigenvalue weighted by atomic mass is 35.5. The second-order valence-corrected chi connectivity index (χ2v) is 8.20. The van der Waals surface area contributed by atoms with E-state index in [0.29, 0.717) is 23.8 Å². The maximum Gasteiger partial charge on any atom is 0.318 e. The first-order valence-electron chi connectivity index (χ1n) is 11.5. The molecule has 2 aromatic rings. The second kappa shape index (κ2) is 11.9. The normalized spacial score (nSPS) is 22.2. The minimum atomic E-state index is -0.713. The lowest BCUT2D eigenvalue weighted by molar-refractivity contribution is 0.292. The Labute approximate surface area is 198 Å². The van der Waals surface area contributed by atoms with Gasteiger partial charge in [-0.25, -0.2) is 8.78 Å². The number of nitrogens with one attached hydrogen (secondary N) is 1. The number of ether oxygens (including phenoxy) is 2. The number of hydrogen-bond acceptors (Lipinski definition) is 8. The standard InChI is InChI=1S/C13H15ClFN5O2.C7H12FN.C2H6/c1-21-12-7-9(8(15)10(14)18-12)17-13(22-2)19-11(7)20-5-3-16-4-6-20;8-6-4-7-2-1-3-9(7)5-6;1-2/h16H,3-6H2,1-2H3;6-7H,1-5H2;1-2H3. The average molecular weight is 487 g/mol. The van der Waals surface area contributed by atoms with Crippen LogP contribution in [-0.4, -0.2) is 85.6 Å². The molecule has 5 rings (SSSR count). The summed E-state index contributed by atoms with van der Waals surface area (Å²) in [5.41, 5.74) is 0.0391. The van der Waals surface area contributed by atoms with Crippen LogP contribution in [0, 0.1) is 5.82 Å². The molecule has 0 bridgehead atoms. The van der Waals surface area contributed by atoms with Gasteiger partial charge in [-0.05, 0) is 25.8 Å². The molecule has 0 aliphatic carbocycles. The Kier molecular flexibility index (Phi) is 9.22. The molecule has 11 heteroatoms. The molecule has 0 radical (unpaired) electrons. The van der Waals surface area contributed by atoms with Crippen molar-refractivity contribution < 1.29 is 18.3 Å². The van der Waals surface area contributed by atoms with Gasteiger partial charge in [-0.2, -0.15) is 15.0 Å². The summed E-state index contributed by atoms with van der Waals surface area (Å²) in [5.74, 6) is 0.00963. The number of fused-ring (bicyclic) bond motifs is 2. The van der Waals surface area contributed by atoms with Crippen LogP contribution in [-0.2, 0) is 0 Å². The lowest BCUT2D eigenvalue weighted by Gasteiger charge is -2.29. The summed E-state index contributed by atoms with van der Waals surface area (Å²) < 4.78 is 37.3. The fourth-order valence-corrected chi connectivity index (χ4v) is 4.61. The monoisotopic (exact) mass is 486 g/mol. The average Bonchev–Trinajstić information content (AvgIpc) is 3.43. The van der Waals surface area contributed by atoms with E-state index in [-0.39, 0.29) is 22.6 Å². The smallest absolute Gasteiger partial charge is 0.318 e. The van der Waals surface area contributed by atoms with E-state index in [1.807, 2.05) is 18.7 Å². The summed E-state index contributed by atoms with van der Waals surface area (Å²) in [5, 5.41) is 3.35. The largest absolute Gasteiger partial charge is 0.480 e. The molecule has 0 aromatic carbocycles. The molecule has 8 nitrogen and oxygen atoms in total. The molecule has 3 aliphatic rings. The third-order valence-electron chi connectivity index (χ3n) is 5.92. The zero-order valence-electron chi connectivity index (χ0n) is 19.7. The Bertz CT molecular complexity index is 920. The third-order valence-corrected chi connectivity index (χ3v) is 6.17. The molecular weight excluding hydrogens is 454 g/mol. The van der Waals surface area contributed by atoms with Crippen LogP contribution in [0.2, 0.25) is 5.15 Å². The first-order valence-corrected chi connectivity index (χ1v) is 11.9.